The number of hydrogen-bond acceptors (Lipinski definition) is 4. The zero-order chi connectivity index (χ0) is 15.5. The molecule has 23 heavy (non-hydrogen) atoms. The molecule has 0 N–H and O–H groups in total. The van der Waals surface area contributed by atoms with Crippen LogP contribution in [0.2, 0.25) is 0 Å². The van der Waals surface area contributed by atoms with Crippen molar-refractivity contribution in [2.45, 2.75) is 37.5 Å². The second-order valence-corrected chi connectivity index (χ2v) is 6.66. The highest BCUT2D eigenvalue weighted by atomic mass is 16.6. The van der Waals surface area contributed by atoms with E-state index in [0.29, 0.717) is 6.61 Å². The van der Waals surface area contributed by atoms with Gasteiger partial charge in [0.25, 0.3) is 0 Å². The van der Waals surface area contributed by atoms with E-state index in [2.05, 4.69) is 4.90 Å². The van der Waals surface area contributed by atoms with E-state index in [9.17, 15) is 0 Å². The molecule has 2 aromatic rings. The van der Waals surface area contributed by atoms with Crippen LogP contribution < -0.4 is 4.74 Å². The minimum Gasteiger partial charge on any atom is -0.488 e. The second-order valence-electron chi connectivity index (χ2n) is 6.66. The van der Waals surface area contributed by atoms with Crippen LogP contribution in [0.1, 0.15) is 24.8 Å². The summed E-state index contributed by atoms with van der Waals surface area (Å²) in [4.78, 5) is 2.48. The van der Waals surface area contributed by atoms with E-state index in [4.69, 9.17) is 13.9 Å². The Bertz CT molecular complexity index is 603. The summed E-state index contributed by atoms with van der Waals surface area (Å²) in [5, 5.41) is 0. The fourth-order valence-corrected chi connectivity index (χ4v) is 3.68. The van der Waals surface area contributed by atoms with Crippen molar-refractivity contribution in [2.24, 2.45) is 0 Å². The highest BCUT2D eigenvalue weighted by molar-refractivity contribution is 5.21. The quantitative estimate of drug-likeness (QED) is 0.865. The Morgan fingerprint density at radius 2 is 1.96 bits per heavy atom. The normalized spacial score (nSPS) is 24.1. The summed E-state index contributed by atoms with van der Waals surface area (Å²) in [5.74, 6) is 0.940. The minimum atomic E-state index is 0.0202. The first-order valence-corrected chi connectivity index (χ1v) is 8.40. The third-order valence-electron chi connectivity index (χ3n) is 4.97. The maximum absolute atomic E-state index is 6.18. The van der Waals surface area contributed by atoms with E-state index in [-0.39, 0.29) is 11.7 Å². The standard InChI is InChI=1S/C19H23NO3/c1-2-4-17(5-3-1)23-18-12-19(22-15-18)7-9-20(10-8-19)13-16-6-11-21-14-16/h1-6,11,14,18H,7-10,12-13,15H2. The molecule has 0 saturated carbocycles. The third-order valence-corrected chi connectivity index (χ3v) is 4.97. The number of para-hydroxylation sites is 1. The van der Waals surface area contributed by atoms with E-state index >= 15 is 0 Å². The maximum Gasteiger partial charge on any atom is 0.125 e. The summed E-state index contributed by atoms with van der Waals surface area (Å²) >= 11 is 0. The minimum absolute atomic E-state index is 0.0202. The van der Waals surface area contributed by atoms with Gasteiger partial charge in [0.1, 0.15) is 11.9 Å². The van der Waals surface area contributed by atoms with E-state index in [1.807, 2.05) is 42.7 Å². The molecule has 2 fully saturated rings. The van der Waals surface area contributed by atoms with Gasteiger partial charge in [-0.15, -0.1) is 0 Å². The molecule has 1 aromatic carbocycles. The Balaban J connectivity index is 1.29. The second kappa shape index (κ2) is 6.38. The molecule has 2 aliphatic rings. The largest absolute Gasteiger partial charge is 0.488 e. The molecule has 0 aliphatic carbocycles. The molecule has 4 rings (SSSR count). The summed E-state index contributed by atoms with van der Waals surface area (Å²) in [6.07, 6.45) is 6.92. The molecule has 0 bridgehead atoms. The molecular weight excluding hydrogens is 290 g/mol. The molecule has 4 nitrogen and oxygen atoms in total. The summed E-state index contributed by atoms with van der Waals surface area (Å²) < 4.78 is 17.4. The van der Waals surface area contributed by atoms with Crippen LogP contribution in [0, 0.1) is 0 Å². The van der Waals surface area contributed by atoms with Crippen molar-refractivity contribution in [1.29, 1.82) is 0 Å². The van der Waals surface area contributed by atoms with Crippen LogP contribution in [0.4, 0.5) is 0 Å². The lowest BCUT2D eigenvalue weighted by Crippen LogP contribution is -2.44. The number of likely N-dealkylation sites (tertiary alicyclic amines) is 1. The lowest BCUT2D eigenvalue weighted by atomic mass is 9.88. The van der Waals surface area contributed by atoms with Crippen LogP contribution in [-0.4, -0.2) is 36.3 Å². The third kappa shape index (κ3) is 3.43. The number of ether oxygens (including phenoxy) is 2. The summed E-state index contributed by atoms with van der Waals surface area (Å²) in [6.45, 7) is 3.82. The van der Waals surface area contributed by atoms with Crippen LogP contribution in [0.15, 0.2) is 53.3 Å². The summed E-state index contributed by atoms with van der Waals surface area (Å²) in [5.41, 5.74) is 1.27. The van der Waals surface area contributed by atoms with Gasteiger partial charge >= 0.3 is 0 Å². The molecule has 0 amide bonds. The number of hydrogen-bond donors (Lipinski definition) is 0. The zero-order valence-electron chi connectivity index (χ0n) is 13.3. The summed E-state index contributed by atoms with van der Waals surface area (Å²) in [6, 6.07) is 12.1. The van der Waals surface area contributed by atoms with Gasteiger partial charge in [0.15, 0.2) is 0 Å². The van der Waals surface area contributed by atoms with Crippen molar-refractivity contribution in [3.63, 3.8) is 0 Å². The maximum atomic E-state index is 6.18. The Morgan fingerprint density at radius 3 is 2.70 bits per heavy atom. The Labute approximate surface area is 137 Å². The predicted molar refractivity (Wildman–Crippen MR) is 87.4 cm³/mol. The number of nitrogens with zero attached hydrogens (tertiary/aromatic N) is 1. The lowest BCUT2D eigenvalue weighted by molar-refractivity contribution is -0.0454. The predicted octanol–water partition coefficient (Wildman–Crippen LogP) is 3.48. The van der Waals surface area contributed by atoms with Crippen molar-refractivity contribution in [3.05, 3.63) is 54.5 Å². The topological polar surface area (TPSA) is 34.8 Å². The van der Waals surface area contributed by atoms with Gasteiger partial charge in [-0.05, 0) is 31.0 Å². The van der Waals surface area contributed by atoms with Crippen LogP contribution in [0.5, 0.6) is 5.75 Å². The van der Waals surface area contributed by atoms with Gasteiger partial charge in [0.2, 0.25) is 0 Å². The zero-order valence-corrected chi connectivity index (χ0v) is 13.3. The molecule has 122 valence electrons. The monoisotopic (exact) mass is 313 g/mol. The molecule has 1 spiro atoms. The number of rotatable bonds is 4. The van der Waals surface area contributed by atoms with E-state index < -0.39 is 0 Å². The van der Waals surface area contributed by atoms with Gasteiger partial charge in [-0.1, -0.05) is 18.2 Å². The smallest absolute Gasteiger partial charge is 0.125 e. The molecule has 1 unspecified atom stereocenters. The van der Waals surface area contributed by atoms with Crippen LogP contribution in [0.3, 0.4) is 0 Å². The molecule has 3 heterocycles. The van der Waals surface area contributed by atoms with Crippen molar-refractivity contribution in [3.8, 4) is 5.75 Å². The average Bonchev–Trinajstić information content (AvgIpc) is 3.22. The van der Waals surface area contributed by atoms with Crippen LogP contribution >= 0.6 is 0 Å². The number of benzene rings is 1. The Kier molecular flexibility index (Phi) is 4.10. The first-order chi connectivity index (χ1) is 11.3. The highest BCUT2D eigenvalue weighted by Gasteiger charge is 2.43. The Morgan fingerprint density at radius 1 is 1.13 bits per heavy atom. The van der Waals surface area contributed by atoms with Gasteiger partial charge in [0.05, 0.1) is 24.7 Å². The molecular formula is C19H23NO3. The van der Waals surface area contributed by atoms with Crippen molar-refractivity contribution in [1.82, 2.24) is 4.90 Å². The van der Waals surface area contributed by atoms with Gasteiger partial charge in [-0.2, -0.15) is 0 Å². The first kappa shape index (κ1) is 14.8. The van der Waals surface area contributed by atoms with E-state index in [0.717, 1.165) is 44.6 Å². The highest BCUT2D eigenvalue weighted by Crippen LogP contribution is 2.37. The molecule has 0 radical (unpaired) electrons. The fourth-order valence-electron chi connectivity index (χ4n) is 3.68. The molecule has 2 saturated heterocycles. The lowest BCUT2D eigenvalue weighted by Gasteiger charge is -2.38. The van der Waals surface area contributed by atoms with Crippen LogP contribution in [0.25, 0.3) is 0 Å². The fraction of sp³-hybridized carbons (Fsp3) is 0.474. The van der Waals surface area contributed by atoms with Crippen molar-refractivity contribution < 1.29 is 13.9 Å². The van der Waals surface area contributed by atoms with E-state index in [1.54, 1.807) is 6.26 Å². The average molecular weight is 313 g/mol. The Hall–Kier alpha value is -1.78. The van der Waals surface area contributed by atoms with Gasteiger partial charge < -0.3 is 13.9 Å². The van der Waals surface area contributed by atoms with Crippen LogP contribution in [-0.2, 0) is 11.3 Å². The van der Waals surface area contributed by atoms with Gasteiger partial charge in [-0.3, -0.25) is 4.90 Å². The summed E-state index contributed by atoms with van der Waals surface area (Å²) in [7, 11) is 0. The van der Waals surface area contributed by atoms with E-state index in [1.165, 1.54) is 5.56 Å². The number of piperidine rings is 1. The number of furan rings is 1. The molecule has 4 heteroatoms. The van der Waals surface area contributed by atoms with Gasteiger partial charge in [-0.25, -0.2) is 0 Å². The molecule has 1 aromatic heterocycles. The molecule has 1 atom stereocenters. The SMILES string of the molecule is c1ccc(OC2COC3(CCN(Cc4ccoc4)CC3)C2)cc1. The van der Waals surface area contributed by atoms with Gasteiger partial charge in [0, 0.05) is 31.6 Å². The van der Waals surface area contributed by atoms with Crippen molar-refractivity contribution in [2.75, 3.05) is 19.7 Å². The molecule has 2 aliphatic heterocycles. The van der Waals surface area contributed by atoms with Crippen molar-refractivity contribution >= 4 is 0 Å². The first-order valence-electron chi connectivity index (χ1n) is 8.40.